The minimum Gasteiger partial charge on any atom is -0.494 e. The molecule has 0 aromatic heterocycles. The second-order valence-corrected chi connectivity index (χ2v) is 9.21. The number of guanidine groups is 2. The van der Waals surface area contributed by atoms with Crippen molar-refractivity contribution < 1.29 is 29.3 Å². The normalized spacial score (nSPS) is 30.4. The first-order valence-electron chi connectivity index (χ1n) is 11.7. The molecule has 3 amide bonds. The first-order valence-corrected chi connectivity index (χ1v) is 11.7. The fourth-order valence-corrected chi connectivity index (χ4v) is 5.49. The molecule has 0 unspecified atom stereocenters. The van der Waals surface area contributed by atoms with E-state index in [0.717, 1.165) is 4.90 Å². The van der Waals surface area contributed by atoms with E-state index in [1.165, 1.54) is 11.0 Å². The Kier molecular flexibility index (Phi) is 5.52. The van der Waals surface area contributed by atoms with Crippen molar-refractivity contribution in [2.45, 2.75) is 49.3 Å². The second kappa shape index (κ2) is 8.34. The van der Waals surface area contributed by atoms with Gasteiger partial charge in [0.1, 0.15) is 11.8 Å². The fourth-order valence-electron chi connectivity index (χ4n) is 5.49. The summed E-state index contributed by atoms with van der Waals surface area (Å²) in [4.78, 5) is 39.8. The molecule has 0 saturated carbocycles. The van der Waals surface area contributed by atoms with Crippen LogP contribution in [-0.2, 0) is 9.59 Å². The summed E-state index contributed by atoms with van der Waals surface area (Å²) in [7, 11) is 0. The number of hydrogen-bond donors (Lipinski definition) is 8. The van der Waals surface area contributed by atoms with E-state index in [4.69, 9.17) is 15.6 Å². The van der Waals surface area contributed by atoms with Gasteiger partial charge >= 0.3 is 0 Å². The average Bonchev–Trinajstić information content (AvgIpc) is 3.42. The van der Waals surface area contributed by atoms with Crippen LogP contribution in [0.5, 0.6) is 5.75 Å². The molecule has 0 aliphatic carbocycles. The van der Waals surface area contributed by atoms with Crippen molar-refractivity contribution in [2.75, 3.05) is 19.7 Å². The third kappa shape index (κ3) is 3.44. The third-order valence-corrected chi connectivity index (χ3v) is 7.14. The lowest BCUT2D eigenvalue weighted by molar-refractivity contribution is -0.232. The lowest BCUT2D eigenvalue weighted by Crippen LogP contribution is -2.81. The Morgan fingerprint density at radius 3 is 2.64 bits per heavy atom. The van der Waals surface area contributed by atoms with Crippen molar-refractivity contribution >= 4 is 29.6 Å². The van der Waals surface area contributed by atoms with Crippen LogP contribution in [0.2, 0.25) is 0 Å². The molecule has 1 aromatic carbocycles. The van der Waals surface area contributed by atoms with Crippen LogP contribution in [0, 0.1) is 10.8 Å². The van der Waals surface area contributed by atoms with Crippen LogP contribution in [0.15, 0.2) is 24.3 Å². The highest BCUT2D eigenvalue weighted by atomic mass is 16.5. The SMILES string of the molecule is CCOc1cccc(C(=O)N[C@H]2CN3C(=N)N[C@@H](CN4C(=O)CCC4=O)[C@@H]4NC(=N)N[C@@]43C2(O)O)c1. The predicted octanol–water partition coefficient (Wildman–Crippen LogP) is -2.57. The third-order valence-electron chi connectivity index (χ3n) is 7.14. The van der Waals surface area contributed by atoms with Crippen molar-refractivity contribution in [3.8, 4) is 5.75 Å². The van der Waals surface area contributed by atoms with Gasteiger partial charge in [0, 0.05) is 24.9 Å². The quantitative estimate of drug-likeness (QED) is 0.151. The highest BCUT2D eigenvalue weighted by Crippen LogP contribution is 2.43. The molecule has 14 nitrogen and oxygen atoms in total. The molecule has 36 heavy (non-hydrogen) atoms. The summed E-state index contributed by atoms with van der Waals surface area (Å²) in [6.45, 7) is 1.94. The van der Waals surface area contributed by atoms with E-state index in [9.17, 15) is 24.6 Å². The monoisotopic (exact) mass is 500 g/mol. The lowest BCUT2D eigenvalue weighted by Gasteiger charge is -2.51. The van der Waals surface area contributed by atoms with Gasteiger partial charge < -0.3 is 41.1 Å². The minimum absolute atomic E-state index is 0.0922. The molecule has 4 aliphatic heterocycles. The molecule has 4 heterocycles. The Morgan fingerprint density at radius 1 is 1.22 bits per heavy atom. The minimum atomic E-state index is -2.66. The lowest BCUT2D eigenvalue weighted by atomic mass is 9.84. The van der Waals surface area contributed by atoms with E-state index >= 15 is 0 Å². The number of rotatable bonds is 6. The molecule has 192 valence electrons. The first-order chi connectivity index (χ1) is 17.1. The molecule has 4 saturated heterocycles. The summed E-state index contributed by atoms with van der Waals surface area (Å²) >= 11 is 0. The summed E-state index contributed by atoms with van der Waals surface area (Å²) in [5.74, 6) is -3.89. The van der Waals surface area contributed by atoms with Crippen molar-refractivity contribution in [1.29, 1.82) is 10.8 Å². The number of benzene rings is 1. The molecule has 0 radical (unpaired) electrons. The smallest absolute Gasteiger partial charge is 0.251 e. The number of nitrogens with zero attached hydrogens (tertiary/aromatic N) is 2. The van der Waals surface area contributed by atoms with E-state index in [-0.39, 0.29) is 55.2 Å². The molecular weight excluding hydrogens is 472 g/mol. The molecule has 0 bridgehead atoms. The van der Waals surface area contributed by atoms with Crippen LogP contribution in [0.1, 0.15) is 30.1 Å². The van der Waals surface area contributed by atoms with Crippen molar-refractivity contribution in [3.63, 3.8) is 0 Å². The highest BCUT2D eigenvalue weighted by molar-refractivity contribution is 6.02. The zero-order valence-corrected chi connectivity index (χ0v) is 19.5. The van der Waals surface area contributed by atoms with Gasteiger partial charge in [-0.25, -0.2) is 0 Å². The Bertz CT molecular complexity index is 1140. The largest absolute Gasteiger partial charge is 0.494 e. The van der Waals surface area contributed by atoms with Crippen molar-refractivity contribution in [3.05, 3.63) is 29.8 Å². The van der Waals surface area contributed by atoms with Crippen LogP contribution in [0.25, 0.3) is 0 Å². The van der Waals surface area contributed by atoms with Gasteiger partial charge in [0.05, 0.1) is 25.2 Å². The topological polar surface area (TPSA) is 203 Å². The maximum Gasteiger partial charge on any atom is 0.251 e. The summed E-state index contributed by atoms with van der Waals surface area (Å²) in [6.07, 6.45) is 0.184. The number of amides is 3. The van der Waals surface area contributed by atoms with Gasteiger partial charge in [-0.2, -0.15) is 0 Å². The van der Waals surface area contributed by atoms with Crippen LogP contribution < -0.4 is 26.0 Å². The number of nitrogens with one attached hydrogen (secondary N) is 6. The number of likely N-dealkylation sites (tertiary alicyclic amines) is 1. The molecule has 14 heteroatoms. The summed E-state index contributed by atoms with van der Waals surface area (Å²) in [6, 6.07) is 3.42. The summed E-state index contributed by atoms with van der Waals surface area (Å²) < 4.78 is 5.43. The van der Waals surface area contributed by atoms with Gasteiger partial charge in [0.2, 0.25) is 17.6 Å². The fraction of sp³-hybridized carbons (Fsp3) is 0.500. The van der Waals surface area contributed by atoms with Gasteiger partial charge in [-0.1, -0.05) is 6.07 Å². The second-order valence-electron chi connectivity index (χ2n) is 9.21. The van der Waals surface area contributed by atoms with E-state index in [2.05, 4.69) is 21.3 Å². The first kappa shape index (κ1) is 23.8. The standard InChI is InChI=1S/C22H28N8O6/c1-2-36-12-5-3-4-11(8-12)18(33)26-14-10-30-20(24)25-13(9-29-15(31)6-7-16(29)32)17-21(30,22(14,34)35)28-19(23)27-17/h3-5,8,13-14,17,34-35H,2,6-7,9-10H2,1H3,(H2,24,25)(H,26,33)(H3,23,27,28)/t13-,14-,17-,21-/m0/s1. The zero-order valence-electron chi connectivity index (χ0n) is 19.5. The number of carbonyl (C=O) groups excluding carboxylic acids is 3. The number of aliphatic hydroxyl groups is 2. The Hall–Kier alpha value is -3.91. The maximum absolute atomic E-state index is 13.0. The molecule has 5 rings (SSSR count). The molecule has 4 fully saturated rings. The number of imide groups is 1. The van der Waals surface area contributed by atoms with Crippen LogP contribution in [0.3, 0.4) is 0 Å². The van der Waals surface area contributed by atoms with Gasteiger partial charge in [0.15, 0.2) is 17.6 Å². The van der Waals surface area contributed by atoms with Crippen molar-refractivity contribution in [1.82, 2.24) is 31.1 Å². The molecule has 4 atom stereocenters. The van der Waals surface area contributed by atoms with Crippen LogP contribution in [0.4, 0.5) is 0 Å². The van der Waals surface area contributed by atoms with E-state index in [1.54, 1.807) is 18.2 Å². The Labute approximate surface area is 206 Å². The summed E-state index contributed by atoms with van der Waals surface area (Å²) in [5, 5.41) is 50.8. The maximum atomic E-state index is 13.0. The van der Waals surface area contributed by atoms with Crippen LogP contribution >= 0.6 is 0 Å². The average molecular weight is 501 g/mol. The molecule has 1 spiro atoms. The van der Waals surface area contributed by atoms with Crippen molar-refractivity contribution in [2.24, 2.45) is 0 Å². The number of hydrogen-bond acceptors (Lipinski definition) is 8. The Balaban J connectivity index is 1.43. The van der Waals surface area contributed by atoms with Crippen LogP contribution in [-0.4, -0.2) is 98.9 Å². The van der Waals surface area contributed by atoms with Gasteiger partial charge in [-0.05, 0) is 25.1 Å². The van der Waals surface area contributed by atoms with Gasteiger partial charge in [-0.3, -0.25) is 30.1 Å². The predicted molar refractivity (Wildman–Crippen MR) is 124 cm³/mol. The molecule has 4 aliphatic rings. The van der Waals surface area contributed by atoms with E-state index in [0.29, 0.717) is 12.4 Å². The molecule has 8 N–H and O–H groups in total. The summed E-state index contributed by atoms with van der Waals surface area (Å²) in [5.41, 5.74) is -1.58. The molecule has 1 aromatic rings. The molecular formula is C22H28N8O6. The Morgan fingerprint density at radius 2 is 1.94 bits per heavy atom. The van der Waals surface area contributed by atoms with E-state index < -0.39 is 35.5 Å². The zero-order chi connectivity index (χ0) is 25.8. The number of carbonyl (C=O) groups is 3. The number of ether oxygens (including phenoxy) is 1. The highest BCUT2D eigenvalue weighted by Gasteiger charge is 2.74. The van der Waals surface area contributed by atoms with E-state index in [1.807, 2.05) is 6.92 Å². The van der Waals surface area contributed by atoms with Gasteiger partial charge in [0.25, 0.3) is 5.91 Å². The van der Waals surface area contributed by atoms with Gasteiger partial charge in [-0.15, -0.1) is 0 Å².